The van der Waals surface area contributed by atoms with Gasteiger partial charge < -0.3 is 24.4 Å². The Morgan fingerprint density at radius 2 is 1.94 bits per heavy atom. The van der Waals surface area contributed by atoms with Crippen molar-refractivity contribution < 1.29 is 23.8 Å². The highest BCUT2D eigenvalue weighted by Gasteiger charge is 2.23. The van der Waals surface area contributed by atoms with Gasteiger partial charge in [-0.15, -0.1) is 0 Å². The number of ether oxygens (including phenoxy) is 3. The van der Waals surface area contributed by atoms with E-state index in [2.05, 4.69) is 15.4 Å². The zero-order chi connectivity index (χ0) is 25.7. The maximum Gasteiger partial charge on any atom is 0.257 e. The highest BCUT2D eigenvalue weighted by Crippen LogP contribution is 2.32. The molecule has 10 nitrogen and oxygen atoms in total. The standard InChI is InChI=1S/C25H28ClN5O5/c1-4-31-9-6-22(29-31)28-23(32)17-10-19(35-16(2)15-34-3)13-20(11-17)36-24-21(26)12-18(14-27-24)25(33)30-7-5-8-30/h6,9-14,16H,4-5,7-8,15H2,1-3H3,(H,28,29,32)/t16-/m0/s1. The van der Waals surface area contributed by atoms with Gasteiger partial charge in [0.15, 0.2) is 5.82 Å². The van der Waals surface area contributed by atoms with Gasteiger partial charge in [0.25, 0.3) is 11.8 Å². The van der Waals surface area contributed by atoms with Crippen LogP contribution in [0.2, 0.25) is 5.02 Å². The zero-order valence-corrected chi connectivity index (χ0v) is 21.1. The minimum atomic E-state index is -0.388. The molecule has 1 atom stereocenters. The molecule has 3 aromatic rings. The van der Waals surface area contributed by atoms with Gasteiger partial charge >= 0.3 is 0 Å². The Labute approximate surface area is 214 Å². The number of halogens is 1. The topological polar surface area (TPSA) is 108 Å². The second-order valence-electron chi connectivity index (χ2n) is 8.35. The molecule has 0 unspecified atom stereocenters. The van der Waals surface area contributed by atoms with Crippen molar-refractivity contribution in [3.05, 3.63) is 58.9 Å². The lowest BCUT2D eigenvalue weighted by molar-refractivity contribution is 0.0651. The molecule has 190 valence electrons. The van der Waals surface area contributed by atoms with E-state index < -0.39 is 0 Å². The first-order valence-electron chi connectivity index (χ1n) is 11.6. The quantitative estimate of drug-likeness (QED) is 0.431. The molecule has 36 heavy (non-hydrogen) atoms. The van der Waals surface area contributed by atoms with Crippen LogP contribution in [0.15, 0.2) is 42.7 Å². The molecule has 0 spiro atoms. The molecule has 1 aromatic carbocycles. The minimum absolute atomic E-state index is 0.104. The Hall–Kier alpha value is -3.63. The van der Waals surface area contributed by atoms with Crippen LogP contribution in [0.4, 0.5) is 5.82 Å². The number of aryl methyl sites for hydroxylation is 1. The molecule has 0 aliphatic carbocycles. The van der Waals surface area contributed by atoms with Gasteiger partial charge in [0.1, 0.15) is 22.6 Å². The molecule has 0 radical (unpaired) electrons. The molecule has 1 aliphatic rings. The lowest BCUT2D eigenvalue weighted by Crippen LogP contribution is -2.42. The van der Waals surface area contributed by atoms with E-state index in [1.807, 2.05) is 13.8 Å². The summed E-state index contributed by atoms with van der Waals surface area (Å²) in [7, 11) is 1.58. The molecule has 11 heteroatoms. The zero-order valence-electron chi connectivity index (χ0n) is 20.4. The highest BCUT2D eigenvalue weighted by atomic mass is 35.5. The maximum absolute atomic E-state index is 13.0. The van der Waals surface area contributed by atoms with Crippen molar-refractivity contribution in [3.63, 3.8) is 0 Å². The first-order valence-corrected chi connectivity index (χ1v) is 12.0. The van der Waals surface area contributed by atoms with Crippen LogP contribution >= 0.6 is 11.6 Å². The molecule has 1 N–H and O–H groups in total. The van der Waals surface area contributed by atoms with Gasteiger partial charge in [-0.2, -0.15) is 5.10 Å². The van der Waals surface area contributed by atoms with Gasteiger partial charge in [0, 0.05) is 56.8 Å². The summed E-state index contributed by atoms with van der Waals surface area (Å²) in [5, 5.41) is 7.23. The predicted octanol–water partition coefficient (Wildman–Crippen LogP) is 4.26. The number of methoxy groups -OCH3 is 1. The highest BCUT2D eigenvalue weighted by molar-refractivity contribution is 6.32. The van der Waals surface area contributed by atoms with Crippen molar-refractivity contribution in [2.45, 2.75) is 32.9 Å². The summed E-state index contributed by atoms with van der Waals surface area (Å²) in [6, 6.07) is 8.04. The summed E-state index contributed by atoms with van der Waals surface area (Å²) in [6.45, 7) is 6.31. The number of hydrogen-bond acceptors (Lipinski definition) is 7. The largest absolute Gasteiger partial charge is 0.488 e. The molecule has 1 saturated heterocycles. The molecular weight excluding hydrogens is 486 g/mol. The Kier molecular flexibility index (Phi) is 8.07. The number of amides is 2. The van der Waals surface area contributed by atoms with Crippen molar-refractivity contribution in [3.8, 4) is 17.4 Å². The minimum Gasteiger partial charge on any atom is -0.488 e. The molecular formula is C25H28ClN5O5. The monoisotopic (exact) mass is 513 g/mol. The average Bonchev–Trinajstić information content (AvgIpc) is 3.26. The number of benzene rings is 1. The van der Waals surface area contributed by atoms with Gasteiger partial charge in [0.2, 0.25) is 5.88 Å². The van der Waals surface area contributed by atoms with E-state index in [0.29, 0.717) is 35.8 Å². The average molecular weight is 514 g/mol. The number of hydrogen-bond donors (Lipinski definition) is 1. The molecule has 0 saturated carbocycles. The van der Waals surface area contributed by atoms with Crippen LogP contribution in [0.25, 0.3) is 0 Å². The Morgan fingerprint density at radius 3 is 2.58 bits per heavy atom. The van der Waals surface area contributed by atoms with E-state index in [0.717, 1.165) is 19.5 Å². The summed E-state index contributed by atoms with van der Waals surface area (Å²) in [5.41, 5.74) is 0.683. The van der Waals surface area contributed by atoms with Crippen LogP contribution < -0.4 is 14.8 Å². The van der Waals surface area contributed by atoms with Crippen LogP contribution in [0.1, 0.15) is 41.0 Å². The first-order chi connectivity index (χ1) is 17.4. The van der Waals surface area contributed by atoms with E-state index in [1.54, 1.807) is 47.2 Å². The fraction of sp³-hybridized carbons (Fsp3) is 0.360. The smallest absolute Gasteiger partial charge is 0.257 e. The number of carbonyl (C=O) groups excluding carboxylic acids is 2. The van der Waals surface area contributed by atoms with E-state index in [9.17, 15) is 9.59 Å². The fourth-order valence-corrected chi connectivity index (χ4v) is 3.76. The third-order valence-electron chi connectivity index (χ3n) is 5.50. The number of aromatic nitrogens is 3. The second kappa shape index (κ2) is 11.4. The van der Waals surface area contributed by atoms with Crippen molar-refractivity contribution in [1.82, 2.24) is 19.7 Å². The van der Waals surface area contributed by atoms with E-state index >= 15 is 0 Å². The number of nitrogens with zero attached hydrogens (tertiary/aromatic N) is 4. The molecule has 0 bridgehead atoms. The van der Waals surface area contributed by atoms with Crippen molar-refractivity contribution in [2.75, 3.05) is 32.1 Å². The predicted molar refractivity (Wildman–Crippen MR) is 134 cm³/mol. The fourth-order valence-electron chi connectivity index (χ4n) is 3.55. The molecule has 2 amide bonds. The Morgan fingerprint density at radius 1 is 1.17 bits per heavy atom. The molecule has 3 heterocycles. The number of carbonyl (C=O) groups is 2. The van der Waals surface area contributed by atoms with Gasteiger partial charge in [-0.25, -0.2) is 4.98 Å². The molecule has 2 aromatic heterocycles. The van der Waals surface area contributed by atoms with Crippen LogP contribution in [0.3, 0.4) is 0 Å². The number of nitrogens with one attached hydrogen (secondary N) is 1. The normalized spacial score (nSPS) is 13.6. The molecule has 1 aliphatic heterocycles. The van der Waals surface area contributed by atoms with Gasteiger partial charge in [-0.05, 0) is 38.5 Å². The van der Waals surface area contributed by atoms with E-state index in [-0.39, 0.29) is 34.6 Å². The van der Waals surface area contributed by atoms with Crippen LogP contribution in [0.5, 0.6) is 17.4 Å². The summed E-state index contributed by atoms with van der Waals surface area (Å²) >= 11 is 6.38. The van der Waals surface area contributed by atoms with Gasteiger partial charge in [-0.3, -0.25) is 14.3 Å². The van der Waals surface area contributed by atoms with Crippen molar-refractivity contribution >= 4 is 29.2 Å². The third kappa shape index (κ3) is 6.13. The van der Waals surface area contributed by atoms with Crippen LogP contribution in [0, 0.1) is 0 Å². The summed E-state index contributed by atoms with van der Waals surface area (Å²) in [5.74, 6) is 0.719. The van der Waals surface area contributed by atoms with Crippen LogP contribution in [-0.2, 0) is 11.3 Å². The van der Waals surface area contributed by atoms with Crippen molar-refractivity contribution in [1.29, 1.82) is 0 Å². The number of anilines is 1. The number of rotatable bonds is 10. The maximum atomic E-state index is 13.0. The molecule has 4 rings (SSSR count). The summed E-state index contributed by atoms with van der Waals surface area (Å²) in [6.07, 6.45) is 3.93. The Balaban J connectivity index is 1.57. The molecule has 1 fully saturated rings. The lowest BCUT2D eigenvalue weighted by atomic mass is 10.1. The van der Waals surface area contributed by atoms with Gasteiger partial charge in [-0.1, -0.05) is 11.6 Å². The summed E-state index contributed by atoms with van der Waals surface area (Å²) in [4.78, 5) is 31.4. The number of pyridine rings is 1. The third-order valence-corrected chi connectivity index (χ3v) is 5.77. The van der Waals surface area contributed by atoms with Crippen LogP contribution in [-0.4, -0.2) is 64.4 Å². The second-order valence-corrected chi connectivity index (χ2v) is 8.75. The first kappa shape index (κ1) is 25.5. The number of likely N-dealkylation sites (tertiary alicyclic amines) is 1. The van der Waals surface area contributed by atoms with Crippen molar-refractivity contribution in [2.24, 2.45) is 0 Å². The van der Waals surface area contributed by atoms with E-state index in [1.165, 1.54) is 12.3 Å². The summed E-state index contributed by atoms with van der Waals surface area (Å²) < 4.78 is 18.7. The van der Waals surface area contributed by atoms with E-state index in [4.69, 9.17) is 25.8 Å². The SMILES string of the molecule is CCn1ccc(NC(=O)c2cc(Oc3ncc(C(=O)N4CCC4)cc3Cl)cc(O[C@@H](C)COC)c2)n1. The lowest BCUT2D eigenvalue weighted by Gasteiger charge is -2.30. The Bertz CT molecular complexity index is 1240. The van der Waals surface area contributed by atoms with Gasteiger partial charge in [0.05, 0.1) is 12.2 Å².